The quantitative estimate of drug-likeness (QED) is 0.867. The summed E-state index contributed by atoms with van der Waals surface area (Å²) in [5.74, 6) is 0. The zero-order valence-electron chi connectivity index (χ0n) is 12.4. The Kier molecular flexibility index (Phi) is 3.88. The molecule has 3 heteroatoms. The van der Waals surface area contributed by atoms with E-state index in [-0.39, 0.29) is 0 Å². The van der Waals surface area contributed by atoms with Crippen molar-refractivity contribution in [2.75, 3.05) is 0 Å². The zero-order valence-corrected chi connectivity index (χ0v) is 12.4. The van der Waals surface area contributed by atoms with Gasteiger partial charge in [-0.15, -0.1) is 0 Å². The second-order valence-electron chi connectivity index (χ2n) is 5.79. The van der Waals surface area contributed by atoms with E-state index in [1.54, 1.807) is 0 Å². The van der Waals surface area contributed by atoms with Crippen LogP contribution < -0.4 is 5.32 Å². The molecule has 1 aromatic carbocycles. The Morgan fingerprint density at radius 2 is 2.15 bits per heavy atom. The van der Waals surface area contributed by atoms with Gasteiger partial charge in [0, 0.05) is 31.4 Å². The summed E-state index contributed by atoms with van der Waals surface area (Å²) in [5.41, 5.74) is 5.44. The molecule has 3 rings (SSSR count). The first-order chi connectivity index (χ1) is 9.74. The number of fused-ring (bicyclic) bond motifs is 1. The van der Waals surface area contributed by atoms with Crippen LogP contribution >= 0.6 is 0 Å². The van der Waals surface area contributed by atoms with Crippen LogP contribution in [0.2, 0.25) is 0 Å². The third kappa shape index (κ3) is 2.78. The molecule has 1 aromatic heterocycles. The number of nitrogens with zero attached hydrogens (tertiary/aromatic N) is 2. The smallest absolute Gasteiger partial charge is 0.0638 e. The fourth-order valence-corrected chi connectivity index (χ4v) is 3.19. The van der Waals surface area contributed by atoms with Crippen LogP contribution in [-0.4, -0.2) is 9.78 Å². The molecule has 0 aliphatic heterocycles. The molecule has 0 saturated heterocycles. The molecule has 0 saturated carbocycles. The van der Waals surface area contributed by atoms with Crippen LogP contribution in [0.5, 0.6) is 0 Å². The van der Waals surface area contributed by atoms with Crippen LogP contribution in [0.4, 0.5) is 0 Å². The van der Waals surface area contributed by atoms with Gasteiger partial charge in [-0.1, -0.05) is 30.7 Å². The molecule has 1 N–H and O–H groups in total. The molecule has 0 spiro atoms. The van der Waals surface area contributed by atoms with Crippen molar-refractivity contribution in [1.29, 1.82) is 0 Å². The van der Waals surface area contributed by atoms with Gasteiger partial charge in [-0.3, -0.25) is 4.68 Å². The van der Waals surface area contributed by atoms with E-state index >= 15 is 0 Å². The van der Waals surface area contributed by atoms with Gasteiger partial charge in [0.2, 0.25) is 0 Å². The van der Waals surface area contributed by atoms with Crippen LogP contribution in [0, 0.1) is 6.92 Å². The summed E-state index contributed by atoms with van der Waals surface area (Å²) < 4.78 is 1.90. The average molecular weight is 269 g/mol. The summed E-state index contributed by atoms with van der Waals surface area (Å²) in [6.45, 7) is 2.98. The van der Waals surface area contributed by atoms with Crippen LogP contribution in [0.3, 0.4) is 0 Å². The lowest BCUT2D eigenvalue weighted by molar-refractivity contribution is 0.488. The van der Waals surface area contributed by atoms with Crippen molar-refractivity contribution in [2.24, 2.45) is 7.05 Å². The van der Waals surface area contributed by atoms with E-state index in [4.69, 9.17) is 0 Å². The molecule has 20 heavy (non-hydrogen) atoms. The molecule has 1 heterocycles. The van der Waals surface area contributed by atoms with Gasteiger partial charge in [0.1, 0.15) is 0 Å². The number of rotatable bonds is 3. The zero-order chi connectivity index (χ0) is 13.9. The van der Waals surface area contributed by atoms with E-state index in [0.717, 1.165) is 12.2 Å². The number of hydrogen-bond donors (Lipinski definition) is 1. The Balaban J connectivity index is 1.75. The predicted octanol–water partition coefficient (Wildman–Crippen LogP) is 3.29. The van der Waals surface area contributed by atoms with Crippen molar-refractivity contribution < 1.29 is 0 Å². The molecular formula is C17H23N3. The SMILES string of the molecule is Cc1nn(C)cc1CNC1CCCCc2ccccc21. The Labute approximate surface area is 121 Å². The number of aryl methyl sites for hydroxylation is 3. The van der Waals surface area contributed by atoms with E-state index in [0.29, 0.717) is 6.04 Å². The first kappa shape index (κ1) is 13.4. The molecule has 0 bridgehead atoms. The van der Waals surface area contributed by atoms with Gasteiger partial charge in [-0.05, 0) is 37.3 Å². The van der Waals surface area contributed by atoms with Gasteiger partial charge >= 0.3 is 0 Å². The average Bonchev–Trinajstić information content (AvgIpc) is 2.65. The van der Waals surface area contributed by atoms with Gasteiger partial charge in [-0.25, -0.2) is 0 Å². The van der Waals surface area contributed by atoms with Crippen molar-refractivity contribution in [1.82, 2.24) is 15.1 Å². The number of aromatic nitrogens is 2. The van der Waals surface area contributed by atoms with Gasteiger partial charge in [0.15, 0.2) is 0 Å². The van der Waals surface area contributed by atoms with Crippen molar-refractivity contribution in [3.63, 3.8) is 0 Å². The summed E-state index contributed by atoms with van der Waals surface area (Å²) >= 11 is 0. The molecule has 2 aromatic rings. The minimum atomic E-state index is 0.480. The van der Waals surface area contributed by atoms with Crippen LogP contribution in [0.1, 0.15) is 47.7 Å². The third-order valence-electron chi connectivity index (χ3n) is 4.27. The first-order valence-corrected chi connectivity index (χ1v) is 7.54. The summed E-state index contributed by atoms with van der Waals surface area (Å²) in [4.78, 5) is 0. The normalized spacial score (nSPS) is 18.6. The van der Waals surface area contributed by atoms with Crippen molar-refractivity contribution in [3.8, 4) is 0 Å². The van der Waals surface area contributed by atoms with Crippen LogP contribution in [0.25, 0.3) is 0 Å². The highest BCUT2D eigenvalue weighted by Crippen LogP contribution is 2.28. The molecule has 0 fully saturated rings. The molecule has 0 amide bonds. The van der Waals surface area contributed by atoms with Crippen molar-refractivity contribution in [2.45, 2.75) is 45.2 Å². The Morgan fingerprint density at radius 3 is 2.95 bits per heavy atom. The molecule has 1 unspecified atom stereocenters. The molecule has 1 aliphatic carbocycles. The number of benzene rings is 1. The van der Waals surface area contributed by atoms with E-state index in [1.807, 2.05) is 11.7 Å². The summed E-state index contributed by atoms with van der Waals surface area (Å²) in [5, 5.41) is 8.15. The maximum atomic E-state index is 4.41. The fourth-order valence-electron chi connectivity index (χ4n) is 3.19. The van der Waals surface area contributed by atoms with E-state index in [9.17, 15) is 0 Å². The second-order valence-corrected chi connectivity index (χ2v) is 5.79. The van der Waals surface area contributed by atoms with Gasteiger partial charge in [0.25, 0.3) is 0 Å². The second kappa shape index (κ2) is 5.80. The lowest BCUT2D eigenvalue weighted by atomic mass is 9.99. The van der Waals surface area contributed by atoms with E-state index < -0.39 is 0 Å². The highest BCUT2D eigenvalue weighted by atomic mass is 15.2. The van der Waals surface area contributed by atoms with Gasteiger partial charge < -0.3 is 5.32 Å². The predicted molar refractivity (Wildman–Crippen MR) is 81.5 cm³/mol. The Hall–Kier alpha value is -1.61. The lowest BCUT2D eigenvalue weighted by Crippen LogP contribution is -2.21. The molecule has 1 aliphatic rings. The minimum absolute atomic E-state index is 0.480. The Morgan fingerprint density at radius 1 is 1.30 bits per heavy atom. The van der Waals surface area contributed by atoms with Gasteiger partial charge in [0.05, 0.1) is 5.69 Å². The molecule has 106 valence electrons. The largest absolute Gasteiger partial charge is 0.306 e. The van der Waals surface area contributed by atoms with E-state index in [2.05, 4.69) is 47.8 Å². The molecule has 1 atom stereocenters. The van der Waals surface area contributed by atoms with Crippen molar-refractivity contribution in [3.05, 3.63) is 52.8 Å². The summed E-state index contributed by atoms with van der Waals surface area (Å²) in [6, 6.07) is 9.37. The minimum Gasteiger partial charge on any atom is -0.306 e. The topological polar surface area (TPSA) is 29.9 Å². The first-order valence-electron chi connectivity index (χ1n) is 7.54. The lowest BCUT2D eigenvalue weighted by Gasteiger charge is -2.19. The summed E-state index contributed by atoms with van der Waals surface area (Å²) in [6.07, 6.45) is 7.18. The number of nitrogens with one attached hydrogen (secondary N) is 1. The molecular weight excluding hydrogens is 246 g/mol. The highest BCUT2D eigenvalue weighted by Gasteiger charge is 2.18. The molecule has 0 radical (unpaired) electrons. The maximum absolute atomic E-state index is 4.41. The highest BCUT2D eigenvalue weighted by molar-refractivity contribution is 5.31. The van der Waals surface area contributed by atoms with Gasteiger partial charge in [-0.2, -0.15) is 5.10 Å². The standard InChI is InChI=1S/C17H23N3/c1-13-15(12-20(2)19-13)11-18-17-10-6-4-8-14-7-3-5-9-16(14)17/h3,5,7,9,12,17-18H,4,6,8,10-11H2,1-2H3. The number of hydrogen-bond acceptors (Lipinski definition) is 2. The Bertz CT molecular complexity index is 586. The fraction of sp³-hybridized carbons (Fsp3) is 0.471. The monoisotopic (exact) mass is 269 g/mol. The maximum Gasteiger partial charge on any atom is 0.0638 e. The van der Waals surface area contributed by atoms with E-state index in [1.165, 1.54) is 42.4 Å². The van der Waals surface area contributed by atoms with Crippen LogP contribution in [0.15, 0.2) is 30.5 Å². The third-order valence-corrected chi connectivity index (χ3v) is 4.27. The molecule has 3 nitrogen and oxygen atoms in total. The van der Waals surface area contributed by atoms with Crippen LogP contribution in [-0.2, 0) is 20.0 Å². The van der Waals surface area contributed by atoms with Crippen molar-refractivity contribution >= 4 is 0 Å². The summed E-state index contributed by atoms with van der Waals surface area (Å²) in [7, 11) is 1.98.